The van der Waals surface area contributed by atoms with Crippen molar-refractivity contribution in [2.45, 2.75) is 31.6 Å². The van der Waals surface area contributed by atoms with Gasteiger partial charge in [-0.15, -0.1) is 0 Å². The predicted octanol–water partition coefficient (Wildman–Crippen LogP) is 1.91. The van der Waals surface area contributed by atoms with E-state index in [1.54, 1.807) is 13.8 Å². The second-order valence-corrected chi connectivity index (χ2v) is 5.91. The van der Waals surface area contributed by atoms with E-state index >= 15 is 0 Å². The van der Waals surface area contributed by atoms with Crippen LogP contribution in [0.4, 0.5) is 0 Å². The molecule has 0 saturated carbocycles. The van der Waals surface area contributed by atoms with Crippen molar-refractivity contribution in [3.05, 3.63) is 29.3 Å². The van der Waals surface area contributed by atoms with E-state index in [1.807, 2.05) is 0 Å². The molecule has 0 spiro atoms. The van der Waals surface area contributed by atoms with Crippen LogP contribution < -0.4 is 0 Å². The molecule has 1 N–H and O–H groups in total. The Bertz CT molecular complexity index is 627. The molecule has 0 unspecified atom stereocenters. The first kappa shape index (κ1) is 22.6. The summed E-state index contributed by atoms with van der Waals surface area (Å²) < 4.78 is 41.4. The van der Waals surface area contributed by atoms with Crippen LogP contribution >= 0.6 is 0 Å². The molecule has 1 aromatic carbocycles. The zero-order chi connectivity index (χ0) is 16.8. The number of hydrogen-bond donors (Lipinski definition) is 1. The van der Waals surface area contributed by atoms with Gasteiger partial charge in [-0.05, 0) is 31.0 Å². The zero-order valence-corrected chi connectivity index (χ0v) is 18.3. The van der Waals surface area contributed by atoms with Crippen LogP contribution in [0.3, 0.4) is 0 Å². The third-order valence-corrected chi connectivity index (χ3v) is 3.38. The molecule has 23 heavy (non-hydrogen) atoms. The first-order valence-electron chi connectivity index (χ1n) is 6.76. The number of rotatable bonds is 7. The van der Waals surface area contributed by atoms with Crippen molar-refractivity contribution in [2.75, 3.05) is 13.2 Å². The zero-order valence-electron chi connectivity index (χ0n) is 15.1. The summed E-state index contributed by atoms with van der Waals surface area (Å²) in [5.74, 6) is -1.56. The number of carbonyl (C=O) groups excluding carboxylic acids is 2. The molecule has 7 nitrogen and oxygen atoms in total. The maximum Gasteiger partial charge on any atom is 2.00 e. The van der Waals surface area contributed by atoms with Crippen molar-refractivity contribution in [3.63, 3.8) is 0 Å². The van der Waals surface area contributed by atoms with Gasteiger partial charge in [-0.2, -0.15) is 8.42 Å². The number of hydrogen-bond acceptors (Lipinski definition) is 6. The Balaban J connectivity index is -0.00000161. The smallest absolute Gasteiger partial charge is 1.00 e. The standard InChI is InChI=1S/C14H18O7S.Ba.2H/c1-3-5-20-13(15)10-7-11(14(16)21-6-4-2)9-12(8-10)22(17,18)19;;;/h7-9H,3-6H2,1-2H3,(H,17,18,19);;;/q;+2;2*-1. The fourth-order valence-corrected chi connectivity index (χ4v) is 2.09. The number of carbonyl (C=O) groups is 2. The van der Waals surface area contributed by atoms with Crippen LogP contribution in [0.25, 0.3) is 0 Å². The third-order valence-electron chi connectivity index (χ3n) is 2.55. The van der Waals surface area contributed by atoms with Gasteiger partial charge in [-0.1, -0.05) is 13.8 Å². The monoisotopic (exact) mass is 470 g/mol. The summed E-state index contributed by atoms with van der Waals surface area (Å²) >= 11 is 0. The molecule has 9 heteroatoms. The Morgan fingerprint density at radius 1 is 1.00 bits per heavy atom. The maximum atomic E-state index is 11.8. The van der Waals surface area contributed by atoms with E-state index in [4.69, 9.17) is 14.0 Å². The van der Waals surface area contributed by atoms with Crippen molar-refractivity contribution in [3.8, 4) is 0 Å². The van der Waals surface area contributed by atoms with Crippen LogP contribution in [0, 0.1) is 0 Å². The quantitative estimate of drug-likeness (QED) is 0.369. The molecule has 0 fully saturated rings. The minimum Gasteiger partial charge on any atom is -1.00 e. The van der Waals surface area contributed by atoms with Gasteiger partial charge in [-0.25, -0.2) is 9.59 Å². The maximum absolute atomic E-state index is 11.8. The van der Waals surface area contributed by atoms with Crippen LogP contribution in [0.2, 0.25) is 0 Å². The van der Waals surface area contributed by atoms with E-state index in [-0.39, 0.29) is 76.1 Å². The molecule has 0 bridgehead atoms. The summed E-state index contributed by atoms with van der Waals surface area (Å²) in [6.07, 6.45) is 1.18. The minimum atomic E-state index is -4.57. The van der Waals surface area contributed by atoms with E-state index in [1.165, 1.54) is 6.07 Å². The Kier molecular flexibility index (Phi) is 10.3. The fraction of sp³-hybridized carbons (Fsp3) is 0.429. The normalized spacial score (nSPS) is 10.6. The van der Waals surface area contributed by atoms with E-state index in [0.717, 1.165) is 12.1 Å². The Labute approximate surface area is 178 Å². The molecule has 0 radical (unpaired) electrons. The first-order chi connectivity index (χ1) is 10.3. The topological polar surface area (TPSA) is 107 Å². The molecule has 0 atom stereocenters. The summed E-state index contributed by atoms with van der Waals surface area (Å²) in [5.41, 5.74) is -0.293. The van der Waals surface area contributed by atoms with Gasteiger partial charge in [-0.3, -0.25) is 4.55 Å². The summed E-state index contributed by atoms with van der Waals surface area (Å²) in [4.78, 5) is 23.1. The molecule has 1 aromatic rings. The Morgan fingerprint density at radius 2 is 1.39 bits per heavy atom. The van der Waals surface area contributed by atoms with Gasteiger partial charge in [0.05, 0.1) is 29.2 Å². The SMILES string of the molecule is CCCOC(=O)c1cc(C(=O)OCCC)cc(S(=O)(=O)O)c1.[Ba+2].[H-].[H-]. The van der Waals surface area contributed by atoms with Crippen LogP contribution in [-0.2, 0) is 19.6 Å². The summed E-state index contributed by atoms with van der Waals surface area (Å²) in [5, 5.41) is 0. The molecular weight excluding hydrogens is 450 g/mol. The van der Waals surface area contributed by atoms with Crippen LogP contribution in [0.1, 0.15) is 50.3 Å². The number of ether oxygens (including phenoxy) is 2. The van der Waals surface area contributed by atoms with Gasteiger partial charge in [0.2, 0.25) is 0 Å². The second-order valence-electron chi connectivity index (χ2n) is 4.49. The molecule has 0 aliphatic rings. The molecule has 0 heterocycles. The van der Waals surface area contributed by atoms with E-state index in [9.17, 15) is 18.0 Å². The van der Waals surface area contributed by atoms with Crippen molar-refractivity contribution in [2.24, 2.45) is 0 Å². The molecule has 0 aliphatic carbocycles. The number of benzene rings is 1. The summed E-state index contributed by atoms with van der Waals surface area (Å²) in [6, 6.07) is 3.07. The molecule has 1 rings (SSSR count). The minimum absolute atomic E-state index is 0. The summed E-state index contributed by atoms with van der Waals surface area (Å²) in [7, 11) is -4.57. The Hall–Kier alpha value is -0.359. The van der Waals surface area contributed by atoms with Gasteiger partial charge >= 0.3 is 60.8 Å². The van der Waals surface area contributed by atoms with Crippen molar-refractivity contribution in [1.29, 1.82) is 0 Å². The predicted molar refractivity (Wildman–Crippen MR) is 85.4 cm³/mol. The Morgan fingerprint density at radius 3 is 1.70 bits per heavy atom. The van der Waals surface area contributed by atoms with Crippen molar-refractivity contribution in [1.82, 2.24) is 0 Å². The van der Waals surface area contributed by atoms with Crippen LogP contribution in [0.5, 0.6) is 0 Å². The molecule has 0 aliphatic heterocycles. The van der Waals surface area contributed by atoms with Gasteiger partial charge in [0, 0.05) is 0 Å². The number of esters is 2. The van der Waals surface area contributed by atoms with Crippen molar-refractivity contribution < 1.29 is 34.9 Å². The average molecular weight is 470 g/mol. The molecule has 0 saturated heterocycles. The first-order valence-corrected chi connectivity index (χ1v) is 8.20. The van der Waals surface area contributed by atoms with Gasteiger partial charge in [0.25, 0.3) is 10.1 Å². The molecule has 126 valence electrons. The third kappa shape index (κ3) is 7.38. The van der Waals surface area contributed by atoms with Gasteiger partial charge in [0.1, 0.15) is 0 Å². The van der Waals surface area contributed by atoms with Crippen LogP contribution in [-0.4, -0.2) is 87.0 Å². The van der Waals surface area contributed by atoms with E-state index in [2.05, 4.69) is 0 Å². The second kappa shape index (κ2) is 10.5. The van der Waals surface area contributed by atoms with E-state index < -0.39 is 27.0 Å². The largest absolute Gasteiger partial charge is 2.00 e. The van der Waals surface area contributed by atoms with E-state index in [0.29, 0.717) is 12.8 Å². The molecule has 0 amide bonds. The molecule has 0 aromatic heterocycles. The van der Waals surface area contributed by atoms with Gasteiger partial charge < -0.3 is 12.3 Å². The average Bonchev–Trinajstić information content (AvgIpc) is 2.48. The van der Waals surface area contributed by atoms with Crippen molar-refractivity contribution >= 4 is 70.9 Å². The molecular formula is C14H20BaO7S. The van der Waals surface area contributed by atoms with Gasteiger partial charge in [0.15, 0.2) is 0 Å². The summed E-state index contributed by atoms with van der Waals surface area (Å²) in [6.45, 7) is 3.92. The fourth-order valence-electron chi connectivity index (χ4n) is 1.54. The van der Waals surface area contributed by atoms with Crippen LogP contribution in [0.15, 0.2) is 23.1 Å².